The van der Waals surface area contributed by atoms with Crippen LogP contribution in [-0.2, 0) is 0 Å². The Labute approximate surface area is 73.5 Å². The zero-order valence-electron chi connectivity index (χ0n) is 5.65. The number of rotatable bonds is 1. The topological polar surface area (TPSA) is 12.0 Å². The Morgan fingerprint density at radius 2 is 2.00 bits per heavy atom. The molecule has 6 heteroatoms. The van der Waals surface area contributed by atoms with Crippen molar-refractivity contribution in [2.24, 2.45) is 0 Å². The van der Waals surface area contributed by atoms with Crippen LogP contribution in [0, 0.1) is 0 Å². The molecule has 0 aromatic rings. The average molecular weight is 208 g/mol. The Kier molecular flexibility index (Phi) is 4.58. The number of halogens is 4. The minimum Gasteiger partial charge on any atom is -0.316 e. The fraction of sp³-hybridized carbons (Fsp3) is 1.00. The monoisotopic (exact) mass is 207 g/mol. The molecule has 0 aromatic heterocycles. The lowest BCUT2D eigenvalue weighted by atomic mass is 10.4. The number of nitrogens with one attached hydrogen (secondary N) is 1. The van der Waals surface area contributed by atoms with E-state index < -0.39 is 5.51 Å². The Balaban J connectivity index is 0.000001000. The third-order valence-electron chi connectivity index (χ3n) is 1.32. The van der Waals surface area contributed by atoms with E-state index in [9.17, 15) is 13.2 Å². The normalized spacial score (nSPS) is 24.8. The van der Waals surface area contributed by atoms with Crippen molar-refractivity contribution in [2.45, 2.75) is 17.2 Å². The van der Waals surface area contributed by atoms with E-state index in [0.717, 1.165) is 0 Å². The molecule has 1 rings (SSSR count). The van der Waals surface area contributed by atoms with Crippen LogP contribution in [0.25, 0.3) is 0 Å². The largest absolute Gasteiger partial charge is 0.442 e. The first kappa shape index (κ1) is 11.4. The molecular formula is C5H9ClF3NS. The molecule has 0 radical (unpaired) electrons. The molecule has 1 N–H and O–H groups in total. The van der Waals surface area contributed by atoms with E-state index in [2.05, 4.69) is 5.32 Å². The molecule has 0 amide bonds. The van der Waals surface area contributed by atoms with Crippen molar-refractivity contribution in [3.05, 3.63) is 0 Å². The first-order valence-corrected chi connectivity index (χ1v) is 3.91. The summed E-state index contributed by atoms with van der Waals surface area (Å²) in [7, 11) is 0. The van der Waals surface area contributed by atoms with Gasteiger partial charge in [0.05, 0.1) is 0 Å². The summed E-state index contributed by atoms with van der Waals surface area (Å²) in [5, 5.41) is 2.61. The molecule has 1 saturated heterocycles. The molecule has 1 fully saturated rings. The van der Waals surface area contributed by atoms with Crippen molar-refractivity contribution in [3.8, 4) is 0 Å². The van der Waals surface area contributed by atoms with E-state index in [1.807, 2.05) is 0 Å². The lowest BCUT2D eigenvalue weighted by molar-refractivity contribution is -0.0332. The molecule has 1 atom stereocenters. The molecule has 1 nitrogen and oxygen atoms in total. The van der Waals surface area contributed by atoms with Gasteiger partial charge in [-0.05, 0) is 24.7 Å². The van der Waals surface area contributed by atoms with Crippen molar-refractivity contribution in [1.29, 1.82) is 0 Å². The highest BCUT2D eigenvalue weighted by molar-refractivity contribution is 8.00. The maximum Gasteiger partial charge on any atom is 0.442 e. The van der Waals surface area contributed by atoms with E-state index in [1.54, 1.807) is 0 Å². The van der Waals surface area contributed by atoms with Gasteiger partial charge in [0.25, 0.3) is 0 Å². The molecule has 1 aliphatic heterocycles. The van der Waals surface area contributed by atoms with Gasteiger partial charge in [-0.2, -0.15) is 13.2 Å². The van der Waals surface area contributed by atoms with Crippen molar-refractivity contribution < 1.29 is 13.2 Å². The van der Waals surface area contributed by atoms with Gasteiger partial charge in [-0.3, -0.25) is 0 Å². The molecule has 1 aliphatic rings. The number of hydrogen-bond acceptors (Lipinski definition) is 2. The van der Waals surface area contributed by atoms with Crippen LogP contribution in [0.2, 0.25) is 0 Å². The van der Waals surface area contributed by atoms with E-state index in [-0.39, 0.29) is 29.4 Å². The fourth-order valence-corrected chi connectivity index (χ4v) is 1.73. The van der Waals surface area contributed by atoms with Crippen molar-refractivity contribution >= 4 is 24.2 Å². The van der Waals surface area contributed by atoms with Gasteiger partial charge in [0.1, 0.15) is 0 Å². The van der Waals surface area contributed by atoms with Crippen LogP contribution < -0.4 is 5.32 Å². The quantitative estimate of drug-likeness (QED) is 0.706. The first-order chi connectivity index (χ1) is 4.58. The van der Waals surface area contributed by atoms with Gasteiger partial charge in [0.15, 0.2) is 0 Å². The highest BCUT2D eigenvalue weighted by Gasteiger charge is 2.33. The van der Waals surface area contributed by atoms with Crippen molar-refractivity contribution in [3.63, 3.8) is 0 Å². The van der Waals surface area contributed by atoms with Crippen molar-refractivity contribution in [1.82, 2.24) is 5.32 Å². The summed E-state index contributed by atoms with van der Waals surface area (Å²) in [4.78, 5) is 0. The molecule has 0 aliphatic carbocycles. The SMILES string of the molecule is Cl.FC(F)(F)SC1CCNC1. The summed E-state index contributed by atoms with van der Waals surface area (Å²) in [5.41, 5.74) is -4.06. The van der Waals surface area contributed by atoms with Gasteiger partial charge in [0.2, 0.25) is 0 Å². The molecule has 1 unspecified atom stereocenters. The number of alkyl halides is 3. The highest BCUT2D eigenvalue weighted by atomic mass is 35.5. The summed E-state index contributed by atoms with van der Waals surface area (Å²) in [5.74, 6) is 0. The minimum absolute atomic E-state index is 0. The molecule has 0 bridgehead atoms. The molecule has 1 heterocycles. The van der Waals surface area contributed by atoms with Crippen LogP contribution in [0.3, 0.4) is 0 Å². The summed E-state index contributed by atoms with van der Waals surface area (Å²) in [6, 6.07) is 0. The first-order valence-electron chi connectivity index (χ1n) is 3.03. The van der Waals surface area contributed by atoms with Crippen molar-refractivity contribution in [2.75, 3.05) is 13.1 Å². The Morgan fingerprint density at radius 3 is 2.36 bits per heavy atom. The predicted octanol–water partition coefficient (Wildman–Crippen LogP) is 2.02. The molecular weight excluding hydrogens is 199 g/mol. The Hall–Kier alpha value is 0.390. The number of thioether (sulfide) groups is 1. The van der Waals surface area contributed by atoms with Crippen LogP contribution >= 0.6 is 24.2 Å². The Morgan fingerprint density at radius 1 is 1.36 bits per heavy atom. The average Bonchev–Trinajstić information content (AvgIpc) is 2.12. The van der Waals surface area contributed by atoms with E-state index in [1.165, 1.54) is 0 Å². The van der Waals surface area contributed by atoms with Gasteiger partial charge in [-0.15, -0.1) is 12.4 Å². The zero-order chi connectivity index (χ0) is 7.61. The maximum atomic E-state index is 11.6. The van der Waals surface area contributed by atoms with Gasteiger partial charge in [-0.25, -0.2) is 0 Å². The molecule has 0 aromatic carbocycles. The summed E-state index contributed by atoms with van der Waals surface area (Å²) < 4.78 is 34.9. The zero-order valence-corrected chi connectivity index (χ0v) is 7.28. The smallest absolute Gasteiger partial charge is 0.316 e. The highest BCUT2D eigenvalue weighted by Crippen LogP contribution is 2.35. The summed E-state index contributed by atoms with van der Waals surface area (Å²) >= 11 is 0.102. The third-order valence-corrected chi connectivity index (χ3v) is 2.32. The summed E-state index contributed by atoms with van der Waals surface area (Å²) in [6.45, 7) is 1.21. The van der Waals surface area contributed by atoms with E-state index in [0.29, 0.717) is 19.5 Å². The van der Waals surface area contributed by atoms with Crippen LogP contribution in [-0.4, -0.2) is 23.8 Å². The second-order valence-electron chi connectivity index (χ2n) is 2.18. The lowest BCUT2D eigenvalue weighted by Gasteiger charge is -2.09. The van der Waals surface area contributed by atoms with Crippen LogP contribution in [0.4, 0.5) is 13.2 Å². The molecule has 11 heavy (non-hydrogen) atoms. The van der Waals surface area contributed by atoms with Gasteiger partial charge >= 0.3 is 5.51 Å². The lowest BCUT2D eigenvalue weighted by Crippen LogP contribution is -2.15. The number of hydrogen-bond donors (Lipinski definition) is 1. The second kappa shape index (κ2) is 4.42. The van der Waals surface area contributed by atoms with Gasteiger partial charge in [0, 0.05) is 11.8 Å². The molecule has 68 valence electrons. The summed E-state index contributed by atoms with van der Waals surface area (Å²) in [6.07, 6.45) is 0.629. The van der Waals surface area contributed by atoms with E-state index in [4.69, 9.17) is 0 Å². The van der Waals surface area contributed by atoms with Crippen LogP contribution in [0.5, 0.6) is 0 Å². The maximum absolute atomic E-state index is 11.6. The predicted molar refractivity (Wildman–Crippen MR) is 42.2 cm³/mol. The standard InChI is InChI=1S/C5H8F3NS.ClH/c6-5(7,8)10-4-1-2-9-3-4;/h4,9H,1-3H2;1H. The van der Waals surface area contributed by atoms with Crippen LogP contribution in [0.1, 0.15) is 6.42 Å². The molecule has 0 saturated carbocycles. The Bertz CT molecular complexity index is 113. The van der Waals surface area contributed by atoms with Gasteiger partial charge in [-0.1, -0.05) is 0 Å². The minimum atomic E-state index is -4.06. The fourth-order valence-electron chi connectivity index (χ4n) is 0.918. The van der Waals surface area contributed by atoms with E-state index >= 15 is 0 Å². The second-order valence-corrected chi connectivity index (χ2v) is 3.54. The van der Waals surface area contributed by atoms with Gasteiger partial charge < -0.3 is 5.32 Å². The third kappa shape index (κ3) is 4.76. The van der Waals surface area contributed by atoms with Crippen LogP contribution in [0.15, 0.2) is 0 Å². The molecule has 0 spiro atoms.